The van der Waals surface area contributed by atoms with Crippen molar-refractivity contribution in [3.8, 4) is 0 Å². The Morgan fingerprint density at radius 2 is 1.88 bits per heavy atom. The molecule has 1 unspecified atom stereocenters. The zero-order valence-corrected chi connectivity index (χ0v) is 15.4. The van der Waals surface area contributed by atoms with Gasteiger partial charge in [0.1, 0.15) is 5.92 Å². The molecule has 0 fully saturated rings. The molecule has 1 aliphatic rings. The van der Waals surface area contributed by atoms with Crippen LogP contribution in [-0.2, 0) is 4.79 Å². The predicted octanol–water partition coefficient (Wildman–Crippen LogP) is 5.58. The summed E-state index contributed by atoms with van der Waals surface area (Å²) in [7, 11) is 0. The summed E-state index contributed by atoms with van der Waals surface area (Å²) in [5.41, 5.74) is 1.00. The van der Waals surface area contributed by atoms with Crippen molar-refractivity contribution < 1.29 is 9.59 Å². The molecule has 1 amide bonds. The van der Waals surface area contributed by atoms with Crippen molar-refractivity contribution in [1.29, 1.82) is 0 Å². The minimum Gasteiger partial charge on any atom is -0.325 e. The van der Waals surface area contributed by atoms with Crippen LogP contribution >= 0.6 is 46.6 Å². The van der Waals surface area contributed by atoms with Crippen molar-refractivity contribution in [3.05, 3.63) is 57.0 Å². The normalized spacial score (nSPS) is 17.1. The molecule has 24 heavy (non-hydrogen) atoms. The standard InChI is InChI=1S/C17H12Cl3NO2S/c18-9-1-4-15-12(7-9)16(22)11(5-6-24-15)17(23)21-10-2-3-13(19)14(20)8-10/h1-4,7-8,11H,5-6H2,(H,21,23). The largest absolute Gasteiger partial charge is 0.325 e. The molecule has 0 aliphatic carbocycles. The van der Waals surface area contributed by atoms with Crippen LogP contribution in [0.5, 0.6) is 0 Å². The highest BCUT2D eigenvalue weighted by molar-refractivity contribution is 7.99. The van der Waals surface area contributed by atoms with Gasteiger partial charge in [-0.25, -0.2) is 0 Å². The van der Waals surface area contributed by atoms with E-state index in [0.29, 0.717) is 38.5 Å². The number of halogens is 3. The highest BCUT2D eigenvalue weighted by Gasteiger charge is 2.31. The maximum absolute atomic E-state index is 12.8. The predicted molar refractivity (Wildman–Crippen MR) is 99.7 cm³/mol. The van der Waals surface area contributed by atoms with Gasteiger partial charge in [-0.15, -0.1) is 11.8 Å². The molecule has 0 saturated heterocycles. The number of hydrogen-bond acceptors (Lipinski definition) is 3. The van der Waals surface area contributed by atoms with Gasteiger partial charge in [-0.1, -0.05) is 34.8 Å². The van der Waals surface area contributed by atoms with Gasteiger partial charge in [-0.3, -0.25) is 9.59 Å². The summed E-state index contributed by atoms with van der Waals surface area (Å²) >= 11 is 19.4. The maximum Gasteiger partial charge on any atom is 0.235 e. The van der Waals surface area contributed by atoms with Gasteiger partial charge in [0.2, 0.25) is 5.91 Å². The number of rotatable bonds is 2. The van der Waals surface area contributed by atoms with E-state index in [4.69, 9.17) is 34.8 Å². The molecule has 7 heteroatoms. The quantitative estimate of drug-likeness (QED) is 0.669. The Bertz CT molecular complexity index is 825. The average Bonchev–Trinajstić information content (AvgIpc) is 2.70. The molecule has 0 spiro atoms. The first-order chi connectivity index (χ1) is 11.5. The van der Waals surface area contributed by atoms with Crippen molar-refractivity contribution in [2.45, 2.75) is 11.3 Å². The molecule has 0 saturated carbocycles. The number of amides is 1. The third kappa shape index (κ3) is 3.72. The van der Waals surface area contributed by atoms with E-state index in [9.17, 15) is 9.59 Å². The molecule has 1 heterocycles. The van der Waals surface area contributed by atoms with E-state index in [1.807, 2.05) is 6.07 Å². The number of fused-ring (bicyclic) bond motifs is 1. The van der Waals surface area contributed by atoms with Gasteiger partial charge >= 0.3 is 0 Å². The molecule has 0 aromatic heterocycles. The highest BCUT2D eigenvalue weighted by atomic mass is 35.5. The van der Waals surface area contributed by atoms with Gasteiger partial charge in [0.15, 0.2) is 5.78 Å². The summed E-state index contributed by atoms with van der Waals surface area (Å²) in [6.07, 6.45) is 0.461. The number of Topliss-reactive ketones (excluding diaryl/α,β-unsaturated/α-hetero) is 1. The number of hydrogen-bond donors (Lipinski definition) is 1. The second-order valence-corrected chi connectivity index (χ2v) is 7.70. The Hall–Kier alpha value is -1.20. The number of anilines is 1. The second-order valence-electron chi connectivity index (χ2n) is 5.31. The van der Waals surface area contributed by atoms with E-state index < -0.39 is 5.92 Å². The fraction of sp³-hybridized carbons (Fsp3) is 0.176. The van der Waals surface area contributed by atoms with E-state index in [0.717, 1.165) is 4.90 Å². The lowest BCUT2D eigenvalue weighted by atomic mass is 9.94. The zero-order chi connectivity index (χ0) is 17.3. The van der Waals surface area contributed by atoms with Crippen LogP contribution in [0, 0.1) is 5.92 Å². The lowest BCUT2D eigenvalue weighted by Crippen LogP contribution is -2.29. The van der Waals surface area contributed by atoms with Crippen LogP contribution < -0.4 is 5.32 Å². The number of thioether (sulfide) groups is 1. The van der Waals surface area contributed by atoms with Crippen LogP contribution in [0.25, 0.3) is 0 Å². The first kappa shape index (κ1) is 17.6. The van der Waals surface area contributed by atoms with E-state index in [1.165, 1.54) is 0 Å². The van der Waals surface area contributed by atoms with Crippen LogP contribution in [0.1, 0.15) is 16.8 Å². The number of nitrogens with one attached hydrogen (secondary N) is 1. The van der Waals surface area contributed by atoms with Crippen molar-refractivity contribution >= 4 is 63.9 Å². The van der Waals surface area contributed by atoms with Crippen molar-refractivity contribution in [1.82, 2.24) is 0 Å². The van der Waals surface area contributed by atoms with Crippen molar-refractivity contribution in [2.75, 3.05) is 11.1 Å². The third-order valence-corrected chi connectivity index (χ3v) is 5.77. The van der Waals surface area contributed by atoms with Gasteiger partial charge in [-0.2, -0.15) is 0 Å². The molecule has 1 N–H and O–H groups in total. The third-order valence-electron chi connectivity index (χ3n) is 3.69. The Balaban J connectivity index is 1.84. The number of carbonyl (C=O) groups excluding carboxylic acids is 2. The molecular formula is C17H12Cl3NO2S. The monoisotopic (exact) mass is 399 g/mol. The summed E-state index contributed by atoms with van der Waals surface area (Å²) < 4.78 is 0. The van der Waals surface area contributed by atoms with Crippen molar-refractivity contribution in [2.24, 2.45) is 5.92 Å². The van der Waals surface area contributed by atoms with Gasteiger partial charge in [0.05, 0.1) is 10.0 Å². The molecule has 3 nitrogen and oxygen atoms in total. The lowest BCUT2D eigenvalue weighted by molar-refractivity contribution is -0.118. The Morgan fingerprint density at radius 1 is 1.08 bits per heavy atom. The van der Waals surface area contributed by atoms with Gasteiger partial charge < -0.3 is 5.32 Å². The summed E-state index contributed by atoms with van der Waals surface area (Å²) in [5.74, 6) is -0.645. The maximum atomic E-state index is 12.8. The summed E-state index contributed by atoms with van der Waals surface area (Å²) in [6.45, 7) is 0. The zero-order valence-electron chi connectivity index (χ0n) is 12.3. The smallest absolute Gasteiger partial charge is 0.235 e. The minimum atomic E-state index is -0.758. The molecule has 0 bridgehead atoms. The van der Waals surface area contributed by atoms with E-state index in [1.54, 1.807) is 42.1 Å². The molecule has 124 valence electrons. The Kier molecular flexibility index (Phi) is 5.40. The van der Waals surface area contributed by atoms with Gasteiger partial charge in [-0.05, 0) is 48.6 Å². The molecule has 1 aliphatic heterocycles. The van der Waals surface area contributed by atoms with Crippen LogP contribution in [0.2, 0.25) is 15.1 Å². The van der Waals surface area contributed by atoms with E-state index >= 15 is 0 Å². The topological polar surface area (TPSA) is 46.2 Å². The minimum absolute atomic E-state index is 0.213. The SMILES string of the molecule is O=C(Nc1ccc(Cl)c(Cl)c1)C1CCSc2ccc(Cl)cc2C1=O. The molecule has 2 aromatic rings. The molecule has 0 radical (unpaired) electrons. The average molecular weight is 401 g/mol. The Morgan fingerprint density at radius 3 is 2.62 bits per heavy atom. The fourth-order valence-electron chi connectivity index (χ4n) is 2.48. The van der Waals surface area contributed by atoms with Crippen molar-refractivity contribution in [3.63, 3.8) is 0 Å². The molecule has 1 atom stereocenters. The molecule has 2 aromatic carbocycles. The lowest BCUT2D eigenvalue weighted by Gasteiger charge is -2.14. The summed E-state index contributed by atoms with van der Waals surface area (Å²) in [5, 5.41) is 3.96. The van der Waals surface area contributed by atoms with Crippen LogP contribution in [0.4, 0.5) is 5.69 Å². The van der Waals surface area contributed by atoms with Crippen LogP contribution in [0.15, 0.2) is 41.3 Å². The number of ketones is 1. The molecular weight excluding hydrogens is 389 g/mol. The molecule has 3 rings (SSSR count). The highest BCUT2D eigenvalue weighted by Crippen LogP contribution is 2.34. The van der Waals surface area contributed by atoms with Crippen LogP contribution in [-0.4, -0.2) is 17.4 Å². The Labute approximate surface area is 158 Å². The first-order valence-corrected chi connectivity index (χ1v) is 9.30. The summed E-state index contributed by atoms with van der Waals surface area (Å²) in [4.78, 5) is 26.2. The van der Waals surface area contributed by atoms with E-state index in [-0.39, 0.29) is 11.7 Å². The summed E-state index contributed by atoms with van der Waals surface area (Å²) in [6, 6.07) is 9.99. The van der Waals surface area contributed by atoms with Gasteiger partial charge in [0.25, 0.3) is 0 Å². The number of benzene rings is 2. The van der Waals surface area contributed by atoms with Gasteiger partial charge in [0, 0.05) is 21.2 Å². The van der Waals surface area contributed by atoms with E-state index in [2.05, 4.69) is 5.32 Å². The van der Waals surface area contributed by atoms with Crippen LogP contribution in [0.3, 0.4) is 0 Å². The second kappa shape index (κ2) is 7.36. The number of carbonyl (C=O) groups is 2. The first-order valence-electron chi connectivity index (χ1n) is 7.18. The fourth-order valence-corrected chi connectivity index (χ4v) is 4.00.